The van der Waals surface area contributed by atoms with E-state index < -0.39 is 0 Å². The average molecular weight is 440 g/mol. The molecule has 0 saturated carbocycles. The van der Waals surface area contributed by atoms with Gasteiger partial charge in [-0.3, -0.25) is 4.99 Å². The lowest BCUT2D eigenvalue weighted by Crippen LogP contribution is -2.15. The van der Waals surface area contributed by atoms with Crippen LogP contribution in [0.25, 0.3) is 21.3 Å². The van der Waals surface area contributed by atoms with E-state index in [1.54, 1.807) is 31.7 Å². The Morgan fingerprint density at radius 1 is 1.42 bits per heavy atom. The highest BCUT2D eigenvalue weighted by Crippen LogP contribution is 2.42. The molecule has 9 heteroatoms. The number of benzene rings is 1. The lowest BCUT2D eigenvalue weighted by molar-refractivity contribution is 0.141. The van der Waals surface area contributed by atoms with Crippen LogP contribution in [0, 0.1) is 6.92 Å². The molecule has 0 radical (unpaired) electrons. The van der Waals surface area contributed by atoms with Crippen LogP contribution in [0.1, 0.15) is 11.3 Å². The van der Waals surface area contributed by atoms with Crippen LogP contribution < -0.4 is 20.5 Å². The Bertz CT molecular complexity index is 1140. The minimum atomic E-state index is 0.0806. The summed E-state index contributed by atoms with van der Waals surface area (Å²) in [5, 5.41) is 3.09. The average Bonchev–Trinajstić information content (AvgIpc) is 3.40. The normalized spacial score (nSPS) is 16.9. The van der Waals surface area contributed by atoms with Gasteiger partial charge in [0.15, 0.2) is 0 Å². The first kappa shape index (κ1) is 21.1. The number of rotatable bonds is 7. The molecule has 0 amide bonds. The largest absolute Gasteiger partial charge is 0.496 e. The topological polar surface area (TPSA) is 104 Å². The van der Waals surface area contributed by atoms with Crippen molar-refractivity contribution < 1.29 is 14.2 Å². The van der Waals surface area contributed by atoms with E-state index in [0.29, 0.717) is 18.3 Å². The van der Waals surface area contributed by atoms with Crippen molar-refractivity contribution in [2.24, 2.45) is 10.7 Å². The van der Waals surface area contributed by atoms with Gasteiger partial charge in [0.1, 0.15) is 17.6 Å². The Morgan fingerprint density at radius 2 is 2.29 bits per heavy atom. The third kappa shape index (κ3) is 4.47. The molecule has 8 nitrogen and oxygen atoms in total. The van der Waals surface area contributed by atoms with Crippen LogP contribution in [0.4, 0.5) is 5.95 Å². The van der Waals surface area contributed by atoms with Gasteiger partial charge in [-0.15, -0.1) is 11.3 Å². The van der Waals surface area contributed by atoms with Gasteiger partial charge >= 0.3 is 0 Å². The first-order valence-electron chi connectivity index (χ1n) is 9.93. The third-order valence-electron chi connectivity index (χ3n) is 4.94. The van der Waals surface area contributed by atoms with Crippen molar-refractivity contribution in [1.82, 2.24) is 9.97 Å². The Kier molecular flexibility index (Phi) is 6.34. The molecule has 0 aliphatic carbocycles. The summed E-state index contributed by atoms with van der Waals surface area (Å²) in [6.07, 6.45) is 5.83. The van der Waals surface area contributed by atoms with E-state index in [2.05, 4.69) is 22.2 Å². The standard InChI is InChI=1S/C22H25N5O3S/c1-13-20(17-5-4-15(8-18(17)28-3)30-16-6-7-29-12-16)21-19(31-13)11-25-22(27-21)26-14(9-23)10-24-2/h4-5,8-11,16H,6-7,12,23H2,1-3H3,(H,25,26,27). The molecule has 162 valence electrons. The number of nitrogens with zero attached hydrogens (tertiary/aromatic N) is 3. The number of nitrogens with one attached hydrogen (secondary N) is 1. The smallest absolute Gasteiger partial charge is 0.227 e. The minimum absolute atomic E-state index is 0.0806. The molecule has 1 saturated heterocycles. The van der Waals surface area contributed by atoms with Gasteiger partial charge in [0.05, 0.1) is 42.4 Å². The number of aryl methyl sites for hydroxylation is 1. The molecule has 2 aromatic heterocycles. The van der Waals surface area contributed by atoms with Crippen LogP contribution in [-0.4, -0.2) is 49.7 Å². The van der Waals surface area contributed by atoms with E-state index in [-0.39, 0.29) is 6.10 Å². The molecule has 1 aliphatic heterocycles. The molecular weight excluding hydrogens is 414 g/mol. The van der Waals surface area contributed by atoms with Crippen molar-refractivity contribution >= 4 is 33.7 Å². The van der Waals surface area contributed by atoms with Crippen molar-refractivity contribution in [1.29, 1.82) is 0 Å². The van der Waals surface area contributed by atoms with E-state index in [0.717, 1.165) is 50.7 Å². The fourth-order valence-electron chi connectivity index (χ4n) is 3.52. The first-order chi connectivity index (χ1) is 15.1. The van der Waals surface area contributed by atoms with Crippen LogP contribution in [-0.2, 0) is 4.74 Å². The SMILES string of the molecule is CN=CC(=CN)Nc1ncc2sc(C)c(-c3ccc(OC4CCOC4)cc3OC)c2n1. The van der Waals surface area contributed by atoms with Crippen LogP contribution in [0.2, 0.25) is 0 Å². The lowest BCUT2D eigenvalue weighted by atomic mass is 10.0. The van der Waals surface area contributed by atoms with E-state index in [9.17, 15) is 0 Å². The van der Waals surface area contributed by atoms with Crippen LogP contribution >= 0.6 is 11.3 Å². The number of thiophene rings is 1. The molecule has 4 rings (SSSR count). The van der Waals surface area contributed by atoms with Crippen LogP contribution in [0.3, 0.4) is 0 Å². The van der Waals surface area contributed by atoms with Crippen LogP contribution in [0.5, 0.6) is 11.5 Å². The molecule has 3 aromatic rings. The number of hydrogen-bond acceptors (Lipinski definition) is 9. The highest BCUT2D eigenvalue weighted by Gasteiger charge is 2.20. The number of nitrogens with two attached hydrogens (primary N) is 1. The van der Waals surface area contributed by atoms with Crippen molar-refractivity contribution in [2.45, 2.75) is 19.4 Å². The lowest BCUT2D eigenvalue weighted by Gasteiger charge is -2.15. The van der Waals surface area contributed by atoms with Gasteiger partial charge in [0.25, 0.3) is 0 Å². The van der Waals surface area contributed by atoms with Gasteiger partial charge in [-0.25, -0.2) is 9.97 Å². The second-order valence-electron chi connectivity index (χ2n) is 7.04. The number of fused-ring (bicyclic) bond motifs is 1. The summed E-state index contributed by atoms with van der Waals surface area (Å²) in [6, 6.07) is 5.90. The highest BCUT2D eigenvalue weighted by atomic mass is 32.1. The molecule has 3 N–H and O–H groups in total. The molecular formula is C22H25N5O3S. The number of aliphatic imine (C=N–C) groups is 1. The third-order valence-corrected chi connectivity index (χ3v) is 5.97. The fourth-order valence-corrected chi connectivity index (χ4v) is 4.51. The summed E-state index contributed by atoms with van der Waals surface area (Å²) in [6.45, 7) is 3.43. The highest BCUT2D eigenvalue weighted by molar-refractivity contribution is 7.19. The predicted octanol–water partition coefficient (Wildman–Crippen LogP) is 3.76. The number of allylic oxidation sites excluding steroid dienone is 1. The predicted molar refractivity (Wildman–Crippen MR) is 124 cm³/mol. The van der Waals surface area contributed by atoms with Gasteiger partial charge in [0.2, 0.25) is 5.95 Å². The Hall–Kier alpha value is -3.17. The summed E-state index contributed by atoms with van der Waals surface area (Å²) >= 11 is 1.64. The maximum Gasteiger partial charge on any atom is 0.227 e. The molecule has 3 heterocycles. The van der Waals surface area contributed by atoms with Gasteiger partial charge in [0, 0.05) is 48.0 Å². The van der Waals surface area contributed by atoms with Gasteiger partial charge < -0.3 is 25.3 Å². The number of hydrogen-bond donors (Lipinski definition) is 2. The van der Waals surface area contributed by atoms with E-state index in [4.69, 9.17) is 24.9 Å². The second kappa shape index (κ2) is 9.32. The summed E-state index contributed by atoms with van der Waals surface area (Å²) in [4.78, 5) is 14.3. The van der Waals surface area contributed by atoms with Gasteiger partial charge in [-0.05, 0) is 19.1 Å². The summed E-state index contributed by atoms with van der Waals surface area (Å²) in [5.74, 6) is 1.94. The number of methoxy groups -OCH3 is 1. The van der Waals surface area contributed by atoms with Crippen molar-refractivity contribution in [2.75, 3.05) is 32.7 Å². The summed E-state index contributed by atoms with van der Waals surface area (Å²) < 4.78 is 18.1. The van der Waals surface area contributed by atoms with Crippen molar-refractivity contribution in [3.8, 4) is 22.6 Å². The van der Waals surface area contributed by atoms with Gasteiger partial charge in [-0.2, -0.15) is 0 Å². The Labute approximate surface area is 184 Å². The maximum absolute atomic E-state index is 6.04. The zero-order valence-electron chi connectivity index (χ0n) is 17.7. The van der Waals surface area contributed by atoms with E-state index >= 15 is 0 Å². The van der Waals surface area contributed by atoms with E-state index in [1.165, 1.54) is 6.20 Å². The minimum Gasteiger partial charge on any atom is -0.496 e. The fraction of sp³-hybridized carbons (Fsp3) is 0.318. The molecule has 31 heavy (non-hydrogen) atoms. The second-order valence-corrected chi connectivity index (χ2v) is 8.30. The summed E-state index contributed by atoms with van der Waals surface area (Å²) in [5.41, 5.74) is 9.08. The monoisotopic (exact) mass is 439 g/mol. The molecule has 1 aromatic carbocycles. The Morgan fingerprint density at radius 3 is 3.00 bits per heavy atom. The molecule has 0 spiro atoms. The molecule has 1 fully saturated rings. The number of ether oxygens (including phenoxy) is 3. The number of anilines is 1. The Balaban J connectivity index is 1.72. The quantitative estimate of drug-likeness (QED) is 0.540. The first-order valence-corrected chi connectivity index (χ1v) is 10.7. The summed E-state index contributed by atoms with van der Waals surface area (Å²) in [7, 11) is 3.34. The molecule has 1 aliphatic rings. The van der Waals surface area contributed by atoms with E-state index in [1.807, 2.05) is 24.4 Å². The zero-order valence-corrected chi connectivity index (χ0v) is 18.5. The number of aromatic nitrogens is 2. The van der Waals surface area contributed by atoms with Crippen molar-refractivity contribution in [3.63, 3.8) is 0 Å². The molecule has 1 unspecified atom stereocenters. The maximum atomic E-state index is 6.04. The van der Waals surface area contributed by atoms with Crippen molar-refractivity contribution in [3.05, 3.63) is 41.2 Å². The zero-order chi connectivity index (χ0) is 21.8. The van der Waals surface area contributed by atoms with Crippen LogP contribution in [0.15, 0.2) is 41.3 Å². The van der Waals surface area contributed by atoms with Gasteiger partial charge in [-0.1, -0.05) is 0 Å². The molecule has 0 bridgehead atoms. The molecule has 1 atom stereocenters.